The Balaban J connectivity index is 2.49. The Kier molecular flexibility index (Phi) is 3.53. The zero-order chi connectivity index (χ0) is 11.6. The zero-order valence-electron chi connectivity index (χ0n) is 10.0. The van der Waals surface area contributed by atoms with Crippen molar-refractivity contribution >= 4 is 11.8 Å². The summed E-state index contributed by atoms with van der Waals surface area (Å²) in [6.07, 6.45) is 1.43. The van der Waals surface area contributed by atoms with Crippen LogP contribution >= 0.6 is 0 Å². The highest BCUT2D eigenvalue weighted by atomic mass is 16.5. The van der Waals surface area contributed by atoms with Crippen molar-refractivity contribution in [2.45, 2.75) is 40.5 Å². The lowest BCUT2D eigenvalue weighted by Gasteiger charge is -2.29. The summed E-state index contributed by atoms with van der Waals surface area (Å²) < 4.78 is 4.92. The predicted molar refractivity (Wildman–Crippen MR) is 57.3 cm³/mol. The van der Waals surface area contributed by atoms with Crippen LogP contribution in [-0.2, 0) is 14.3 Å². The monoisotopic (exact) mass is 212 g/mol. The molecule has 0 amide bonds. The number of Topliss-reactive ketones (excluding diaryl/α,β-unsaturated/α-hetero) is 1. The second kappa shape index (κ2) is 4.33. The standard InChI is InChI=1S/C12H20O3/c1-8-11(14)7-10(12(8,3)4)5-6-15-9(2)13/h8,10H,5-7H2,1-4H3/t8-,10-/m1/s1. The van der Waals surface area contributed by atoms with Crippen LogP contribution < -0.4 is 0 Å². The summed E-state index contributed by atoms with van der Waals surface area (Å²) in [6.45, 7) is 8.09. The van der Waals surface area contributed by atoms with Gasteiger partial charge in [-0.25, -0.2) is 0 Å². The molecule has 1 rings (SSSR count). The van der Waals surface area contributed by atoms with Crippen LogP contribution in [0.2, 0.25) is 0 Å². The van der Waals surface area contributed by atoms with Crippen molar-refractivity contribution in [2.75, 3.05) is 6.61 Å². The lowest BCUT2D eigenvalue weighted by molar-refractivity contribution is -0.141. The molecule has 1 aliphatic rings. The van der Waals surface area contributed by atoms with Gasteiger partial charge in [-0.05, 0) is 17.8 Å². The highest BCUT2D eigenvalue weighted by molar-refractivity contribution is 5.84. The maximum absolute atomic E-state index is 11.6. The number of hydrogen-bond donors (Lipinski definition) is 0. The molecule has 3 nitrogen and oxygen atoms in total. The molecule has 15 heavy (non-hydrogen) atoms. The van der Waals surface area contributed by atoms with E-state index in [0.29, 0.717) is 24.7 Å². The molecule has 0 aromatic carbocycles. The number of carbonyl (C=O) groups is 2. The molecule has 0 aromatic rings. The average molecular weight is 212 g/mol. The molecule has 0 N–H and O–H groups in total. The Morgan fingerprint density at radius 2 is 2.13 bits per heavy atom. The summed E-state index contributed by atoms with van der Waals surface area (Å²) in [7, 11) is 0. The van der Waals surface area contributed by atoms with Gasteiger partial charge in [0, 0.05) is 19.3 Å². The fourth-order valence-electron chi connectivity index (χ4n) is 2.27. The number of carbonyl (C=O) groups excluding carboxylic acids is 2. The Bertz CT molecular complexity index is 268. The number of hydrogen-bond acceptors (Lipinski definition) is 3. The third-order valence-corrected chi connectivity index (χ3v) is 3.87. The van der Waals surface area contributed by atoms with E-state index < -0.39 is 0 Å². The highest BCUT2D eigenvalue weighted by Crippen LogP contribution is 2.46. The van der Waals surface area contributed by atoms with Gasteiger partial charge in [0.2, 0.25) is 0 Å². The van der Waals surface area contributed by atoms with Gasteiger partial charge < -0.3 is 4.74 Å². The molecule has 0 unspecified atom stereocenters. The molecule has 1 fully saturated rings. The van der Waals surface area contributed by atoms with Crippen molar-refractivity contribution in [1.82, 2.24) is 0 Å². The van der Waals surface area contributed by atoms with E-state index in [4.69, 9.17) is 4.74 Å². The Hall–Kier alpha value is -0.860. The van der Waals surface area contributed by atoms with Gasteiger partial charge in [-0.3, -0.25) is 9.59 Å². The van der Waals surface area contributed by atoms with Crippen molar-refractivity contribution in [3.05, 3.63) is 0 Å². The van der Waals surface area contributed by atoms with Crippen LogP contribution in [0.5, 0.6) is 0 Å². The molecular weight excluding hydrogens is 192 g/mol. The first-order valence-corrected chi connectivity index (χ1v) is 5.51. The minimum atomic E-state index is -0.245. The minimum Gasteiger partial charge on any atom is -0.466 e. The van der Waals surface area contributed by atoms with Gasteiger partial charge in [0.05, 0.1) is 6.61 Å². The lowest BCUT2D eigenvalue weighted by atomic mass is 9.75. The predicted octanol–water partition coefficient (Wildman–Crippen LogP) is 2.19. The van der Waals surface area contributed by atoms with Gasteiger partial charge in [0.1, 0.15) is 5.78 Å². The molecule has 1 aliphatic carbocycles. The van der Waals surface area contributed by atoms with E-state index >= 15 is 0 Å². The van der Waals surface area contributed by atoms with Crippen LogP contribution in [0.15, 0.2) is 0 Å². The van der Waals surface area contributed by atoms with E-state index in [2.05, 4.69) is 13.8 Å². The van der Waals surface area contributed by atoms with E-state index in [-0.39, 0.29) is 17.3 Å². The average Bonchev–Trinajstić information content (AvgIpc) is 2.30. The number of ether oxygens (including phenoxy) is 1. The van der Waals surface area contributed by atoms with E-state index in [0.717, 1.165) is 6.42 Å². The van der Waals surface area contributed by atoms with Crippen LogP contribution in [0.4, 0.5) is 0 Å². The molecular formula is C12H20O3. The first kappa shape index (κ1) is 12.2. The lowest BCUT2D eigenvalue weighted by Crippen LogP contribution is -2.25. The summed E-state index contributed by atoms with van der Waals surface area (Å²) >= 11 is 0. The molecule has 0 aliphatic heterocycles. The Morgan fingerprint density at radius 1 is 1.53 bits per heavy atom. The minimum absolute atomic E-state index is 0.0389. The molecule has 0 saturated heterocycles. The normalized spacial score (nSPS) is 29.2. The molecule has 1 saturated carbocycles. The quantitative estimate of drug-likeness (QED) is 0.673. The fourth-order valence-corrected chi connectivity index (χ4v) is 2.27. The van der Waals surface area contributed by atoms with E-state index in [1.165, 1.54) is 6.92 Å². The van der Waals surface area contributed by atoms with Crippen molar-refractivity contribution in [2.24, 2.45) is 17.3 Å². The van der Waals surface area contributed by atoms with Crippen LogP contribution in [0, 0.1) is 17.3 Å². The van der Waals surface area contributed by atoms with Gasteiger partial charge in [0.15, 0.2) is 0 Å². The maximum Gasteiger partial charge on any atom is 0.302 e. The van der Waals surface area contributed by atoms with E-state index in [1.807, 2.05) is 6.92 Å². The Morgan fingerprint density at radius 3 is 2.53 bits per heavy atom. The molecule has 0 spiro atoms. The first-order valence-electron chi connectivity index (χ1n) is 5.51. The van der Waals surface area contributed by atoms with Gasteiger partial charge in [0.25, 0.3) is 0 Å². The van der Waals surface area contributed by atoms with Crippen LogP contribution in [-0.4, -0.2) is 18.4 Å². The Labute approximate surface area is 91.2 Å². The van der Waals surface area contributed by atoms with Crippen LogP contribution in [0.3, 0.4) is 0 Å². The van der Waals surface area contributed by atoms with Gasteiger partial charge >= 0.3 is 5.97 Å². The molecule has 2 atom stereocenters. The molecule has 0 heterocycles. The van der Waals surface area contributed by atoms with Gasteiger partial charge in [-0.2, -0.15) is 0 Å². The second-order valence-corrected chi connectivity index (χ2v) is 5.04. The maximum atomic E-state index is 11.6. The number of esters is 1. The SMILES string of the molecule is CC(=O)OCC[C@@H]1CC(=O)[C@@H](C)C1(C)C. The summed E-state index contributed by atoms with van der Waals surface area (Å²) in [6, 6.07) is 0. The smallest absolute Gasteiger partial charge is 0.302 e. The third kappa shape index (κ3) is 2.58. The number of rotatable bonds is 3. The molecule has 0 radical (unpaired) electrons. The summed E-state index contributed by atoms with van der Waals surface area (Å²) in [5.41, 5.74) is 0.0389. The summed E-state index contributed by atoms with van der Waals surface area (Å²) in [4.78, 5) is 22.2. The fraction of sp³-hybridized carbons (Fsp3) is 0.833. The zero-order valence-corrected chi connectivity index (χ0v) is 10.0. The second-order valence-electron chi connectivity index (χ2n) is 5.04. The highest BCUT2D eigenvalue weighted by Gasteiger charge is 2.45. The molecule has 86 valence electrons. The van der Waals surface area contributed by atoms with Crippen LogP contribution in [0.1, 0.15) is 40.5 Å². The van der Waals surface area contributed by atoms with Crippen molar-refractivity contribution in [1.29, 1.82) is 0 Å². The first-order chi connectivity index (χ1) is 6.85. The molecule has 3 heteroatoms. The third-order valence-electron chi connectivity index (χ3n) is 3.87. The number of ketones is 1. The van der Waals surface area contributed by atoms with Crippen molar-refractivity contribution in [3.8, 4) is 0 Å². The molecule has 0 bridgehead atoms. The van der Waals surface area contributed by atoms with E-state index in [1.54, 1.807) is 0 Å². The summed E-state index contributed by atoms with van der Waals surface area (Å²) in [5, 5.41) is 0. The van der Waals surface area contributed by atoms with Crippen molar-refractivity contribution < 1.29 is 14.3 Å². The van der Waals surface area contributed by atoms with E-state index in [9.17, 15) is 9.59 Å². The topological polar surface area (TPSA) is 43.4 Å². The van der Waals surface area contributed by atoms with Gasteiger partial charge in [-0.1, -0.05) is 20.8 Å². The largest absolute Gasteiger partial charge is 0.466 e. The molecule has 0 aromatic heterocycles. The summed E-state index contributed by atoms with van der Waals surface area (Å²) in [5.74, 6) is 0.567. The van der Waals surface area contributed by atoms with Crippen LogP contribution in [0.25, 0.3) is 0 Å². The van der Waals surface area contributed by atoms with Crippen molar-refractivity contribution in [3.63, 3.8) is 0 Å². The van der Waals surface area contributed by atoms with Gasteiger partial charge in [-0.15, -0.1) is 0 Å².